The van der Waals surface area contributed by atoms with E-state index in [9.17, 15) is 5.11 Å². The molecule has 20 heavy (non-hydrogen) atoms. The number of rotatable bonds is 6. The maximum absolute atomic E-state index is 10.1. The fourth-order valence-corrected chi connectivity index (χ4v) is 2.91. The molecule has 0 spiro atoms. The van der Waals surface area contributed by atoms with E-state index >= 15 is 0 Å². The lowest BCUT2D eigenvalue weighted by atomic mass is 9.94. The summed E-state index contributed by atoms with van der Waals surface area (Å²) in [4.78, 5) is 2.27. The minimum absolute atomic E-state index is 0.318. The third kappa shape index (κ3) is 4.97. The average Bonchev–Trinajstić information content (AvgIpc) is 2.47. The van der Waals surface area contributed by atoms with E-state index < -0.39 is 6.10 Å². The Labute approximate surface area is 126 Å². The van der Waals surface area contributed by atoms with E-state index in [1.807, 2.05) is 12.1 Å². The zero-order valence-corrected chi connectivity index (χ0v) is 12.9. The SMILES string of the molecule is CN(C[C@H](O)COc1ccc(Cl)cc1)C1CCCCC1. The van der Waals surface area contributed by atoms with Crippen molar-refractivity contribution in [1.29, 1.82) is 0 Å². The Bertz CT molecular complexity index is 390. The Balaban J connectivity index is 1.71. The summed E-state index contributed by atoms with van der Waals surface area (Å²) in [5.41, 5.74) is 0. The Hall–Kier alpha value is -0.770. The summed E-state index contributed by atoms with van der Waals surface area (Å²) in [7, 11) is 2.10. The number of halogens is 1. The lowest BCUT2D eigenvalue weighted by molar-refractivity contribution is 0.0561. The summed E-state index contributed by atoms with van der Waals surface area (Å²) in [5.74, 6) is 0.744. The molecule has 0 aromatic heterocycles. The molecule has 1 aromatic carbocycles. The van der Waals surface area contributed by atoms with Crippen LogP contribution in [0.15, 0.2) is 24.3 Å². The molecule has 0 radical (unpaired) electrons. The molecule has 1 saturated carbocycles. The largest absolute Gasteiger partial charge is 0.491 e. The predicted molar refractivity (Wildman–Crippen MR) is 82.5 cm³/mol. The van der Waals surface area contributed by atoms with Crippen LogP contribution in [-0.4, -0.2) is 42.4 Å². The van der Waals surface area contributed by atoms with Crippen molar-refractivity contribution in [3.63, 3.8) is 0 Å². The van der Waals surface area contributed by atoms with Crippen molar-refractivity contribution in [2.45, 2.75) is 44.2 Å². The van der Waals surface area contributed by atoms with Gasteiger partial charge < -0.3 is 14.7 Å². The van der Waals surface area contributed by atoms with Crippen LogP contribution < -0.4 is 4.74 Å². The third-order valence-electron chi connectivity index (χ3n) is 3.95. The van der Waals surface area contributed by atoms with Gasteiger partial charge >= 0.3 is 0 Å². The van der Waals surface area contributed by atoms with Crippen molar-refractivity contribution < 1.29 is 9.84 Å². The molecule has 1 N–H and O–H groups in total. The van der Waals surface area contributed by atoms with E-state index in [1.165, 1.54) is 32.1 Å². The van der Waals surface area contributed by atoms with Gasteiger partial charge in [0.15, 0.2) is 0 Å². The first-order chi connectivity index (χ1) is 9.65. The topological polar surface area (TPSA) is 32.7 Å². The predicted octanol–water partition coefficient (Wildman–Crippen LogP) is 3.34. The first-order valence-electron chi connectivity index (χ1n) is 7.42. The van der Waals surface area contributed by atoms with Crippen molar-refractivity contribution in [3.05, 3.63) is 29.3 Å². The molecule has 4 heteroatoms. The van der Waals surface area contributed by atoms with E-state index in [0.717, 1.165) is 5.75 Å². The first kappa shape index (κ1) is 15.6. The van der Waals surface area contributed by atoms with Crippen molar-refractivity contribution in [3.8, 4) is 5.75 Å². The Morgan fingerprint density at radius 2 is 1.90 bits per heavy atom. The van der Waals surface area contributed by atoms with Crippen LogP contribution in [0.3, 0.4) is 0 Å². The number of nitrogens with zero attached hydrogens (tertiary/aromatic N) is 1. The molecular weight excluding hydrogens is 274 g/mol. The van der Waals surface area contributed by atoms with E-state index in [1.54, 1.807) is 12.1 Å². The lowest BCUT2D eigenvalue weighted by Crippen LogP contribution is -2.40. The Morgan fingerprint density at radius 1 is 1.25 bits per heavy atom. The monoisotopic (exact) mass is 297 g/mol. The van der Waals surface area contributed by atoms with Crippen LogP contribution in [-0.2, 0) is 0 Å². The summed E-state index contributed by atoms with van der Waals surface area (Å²) in [6.45, 7) is 0.983. The number of aliphatic hydroxyl groups is 1. The summed E-state index contributed by atoms with van der Waals surface area (Å²) < 4.78 is 5.58. The molecule has 0 unspecified atom stereocenters. The van der Waals surface area contributed by atoms with Crippen molar-refractivity contribution in [2.24, 2.45) is 0 Å². The first-order valence-corrected chi connectivity index (χ1v) is 7.79. The van der Waals surface area contributed by atoms with Gasteiger partial charge in [-0.15, -0.1) is 0 Å². The quantitative estimate of drug-likeness (QED) is 0.874. The highest BCUT2D eigenvalue weighted by Crippen LogP contribution is 2.21. The van der Waals surface area contributed by atoms with Gasteiger partial charge in [0, 0.05) is 17.6 Å². The van der Waals surface area contributed by atoms with Crippen molar-refractivity contribution >= 4 is 11.6 Å². The fourth-order valence-electron chi connectivity index (χ4n) is 2.78. The van der Waals surface area contributed by atoms with Crippen LogP contribution in [0, 0.1) is 0 Å². The minimum atomic E-state index is -0.461. The van der Waals surface area contributed by atoms with E-state index in [-0.39, 0.29) is 0 Å². The lowest BCUT2D eigenvalue weighted by Gasteiger charge is -2.32. The fraction of sp³-hybridized carbons (Fsp3) is 0.625. The molecule has 0 bridgehead atoms. The van der Waals surface area contributed by atoms with Gasteiger partial charge in [0.25, 0.3) is 0 Å². The molecule has 1 atom stereocenters. The Kier molecular flexibility index (Phi) is 6.14. The number of benzene rings is 1. The molecule has 0 saturated heterocycles. The van der Waals surface area contributed by atoms with E-state index in [0.29, 0.717) is 24.2 Å². The minimum Gasteiger partial charge on any atom is -0.491 e. The van der Waals surface area contributed by atoms with Gasteiger partial charge in [-0.1, -0.05) is 30.9 Å². The number of likely N-dealkylation sites (N-methyl/N-ethyl adjacent to an activating group) is 1. The smallest absolute Gasteiger partial charge is 0.119 e. The highest BCUT2D eigenvalue weighted by Gasteiger charge is 2.20. The zero-order chi connectivity index (χ0) is 14.4. The molecule has 1 aliphatic carbocycles. The molecule has 1 aliphatic rings. The van der Waals surface area contributed by atoms with Gasteiger partial charge in [0.1, 0.15) is 18.5 Å². The van der Waals surface area contributed by atoms with Crippen molar-refractivity contribution in [1.82, 2.24) is 4.90 Å². The van der Waals surface area contributed by atoms with Gasteiger partial charge in [-0.2, -0.15) is 0 Å². The molecule has 0 aliphatic heterocycles. The second kappa shape index (κ2) is 7.87. The standard InChI is InChI=1S/C16H24ClNO2/c1-18(14-5-3-2-4-6-14)11-15(19)12-20-16-9-7-13(17)8-10-16/h7-10,14-15,19H,2-6,11-12H2,1H3/t15-/m0/s1. The second-order valence-electron chi connectivity index (χ2n) is 5.65. The molecule has 3 nitrogen and oxygen atoms in total. The highest BCUT2D eigenvalue weighted by molar-refractivity contribution is 6.30. The van der Waals surface area contributed by atoms with Crippen molar-refractivity contribution in [2.75, 3.05) is 20.2 Å². The van der Waals surface area contributed by atoms with Gasteiger partial charge in [0.2, 0.25) is 0 Å². The molecule has 0 heterocycles. The van der Waals surface area contributed by atoms with E-state index in [4.69, 9.17) is 16.3 Å². The normalized spacial score (nSPS) is 18.2. The molecule has 1 fully saturated rings. The number of hydrogen-bond acceptors (Lipinski definition) is 3. The number of hydrogen-bond donors (Lipinski definition) is 1. The maximum Gasteiger partial charge on any atom is 0.119 e. The second-order valence-corrected chi connectivity index (χ2v) is 6.09. The molecule has 0 amide bonds. The van der Waals surface area contributed by atoms with Crippen LogP contribution in [0.5, 0.6) is 5.75 Å². The molecule has 2 rings (SSSR count). The Morgan fingerprint density at radius 3 is 2.55 bits per heavy atom. The summed E-state index contributed by atoms with van der Waals surface area (Å²) in [5, 5.41) is 10.8. The number of ether oxygens (including phenoxy) is 1. The van der Waals surface area contributed by atoms with Crippen LogP contribution in [0.2, 0.25) is 5.02 Å². The molecule has 112 valence electrons. The number of aliphatic hydroxyl groups excluding tert-OH is 1. The van der Waals surface area contributed by atoms with Gasteiger partial charge in [0.05, 0.1) is 0 Å². The maximum atomic E-state index is 10.1. The van der Waals surface area contributed by atoms with Gasteiger partial charge in [-0.25, -0.2) is 0 Å². The van der Waals surface area contributed by atoms with Gasteiger partial charge in [-0.05, 0) is 44.2 Å². The van der Waals surface area contributed by atoms with E-state index in [2.05, 4.69) is 11.9 Å². The summed E-state index contributed by atoms with van der Waals surface area (Å²) in [6.07, 6.45) is 6.02. The summed E-state index contributed by atoms with van der Waals surface area (Å²) >= 11 is 5.82. The van der Waals surface area contributed by atoms with Crippen LogP contribution in [0.1, 0.15) is 32.1 Å². The van der Waals surface area contributed by atoms with Crippen LogP contribution in [0.25, 0.3) is 0 Å². The third-order valence-corrected chi connectivity index (χ3v) is 4.20. The zero-order valence-electron chi connectivity index (χ0n) is 12.1. The average molecular weight is 298 g/mol. The molecular formula is C16H24ClNO2. The summed E-state index contributed by atoms with van der Waals surface area (Å²) in [6, 6.07) is 7.84. The van der Waals surface area contributed by atoms with Crippen LogP contribution >= 0.6 is 11.6 Å². The van der Waals surface area contributed by atoms with Gasteiger partial charge in [-0.3, -0.25) is 0 Å². The molecule has 1 aromatic rings. The highest BCUT2D eigenvalue weighted by atomic mass is 35.5. The van der Waals surface area contributed by atoms with Crippen LogP contribution in [0.4, 0.5) is 0 Å².